The SMILES string of the molecule is CC[C@@H](C)[C@H](NC(=O)Cn1nc(-c2cccc(OCCN3CCCC3)c2)cc1-c1ccccc1)B(O)O.Cl. The molecule has 204 valence electrons. The van der Waals surface area contributed by atoms with Gasteiger partial charge in [0.25, 0.3) is 0 Å². The minimum atomic E-state index is -1.63. The lowest BCUT2D eigenvalue weighted by atomic mass is 9.71. The van der Waals surface area contributed by atoms with E-state index in [2.05, 4.69) is 10.2 Å². The van der Waals surface area contributed by atoms with Crippen molar-refractivity contribution in [1.29, 1.82) is 0 Å². The fourth-order valence-electron chi connectivity index (χ4n) is 4.70. The van der Waals surface area contributed by atoms with Gasteiger partial charge in [-0.1, -0.05) is 62.7 Å². The molecule has 1 fully saturated rings. The molecule has 38 heavy (non-hydrogen) atoms. The van der Waals surface area contributed by atoms with E-state index in [0.717, 1.165) is 47.9 Å². The van der Waals surface area contributed by atoms with Gasteiger partial charge in [0.1, 0.15) is 18.9 Å². The largest absolute Gasteiger partial charge is 0.492 e. The van der Waals surface area contributed by atoms with Crippen LogP contribution >= 0.6 is 12.4 Å². The van der Waals surface area contributed by atoms with Gasteiger partial charge in [-0.15, -0.1) is 12.4 Å². The Bertz CT molecular complexity index is 1150. The number of nitrogens with one attached hydrogen (secondary N) is 1. The third-order valence-corrected chi connectivity index (χ3v) is 7.05. The van der Waals surface area contributed by atoms with Crippen molar-refractivity contribution >= 4 is 25.4 Å². The first kappa shape index (κ1) is 29.7. The average Bonchev–Trinajstić information content (AvgIpc) is 3.58. The van der Waals surface area contributed by atoms with Crippen molar-refractivity contribution in [2.24, 2.45) is 5.92 Å². The molecule has 1 aliphatic rings. The van der Waals surface area contributed by atoms with Crippen LogP contribution in [0.2, 0.25) is 0 Å². The van der Waals surface area contributed by atoms with E-state index in [-0.39, 0.29) is 30.8 Å². The van der Waals surface area contributed by atoms with Crippen molar-refractivity contribution in [1.82, 2.24) is 20.0 Å². The Labute approximate surface area is 231 Å². The third kappa shape index (κ3) is 7.83. The maximum absolute atomic E-state index is 12.9. The number of rotatable bonds is 12. The molecule has 1 amide bonds. The Balaban J connectivity index is 0.00000400. The number of amides is 1. The monoisotopic (exact) mass is 540 g/mol. The summed E-state index contributed by atoms with van der Waals surface area (Å²) in [6, 6.07) is 19.6. The van der Waals surface area contributed by atoms with Crippen molar-refractivity contribution in [3.63, 3.8) is 0 Å². The van der Waals surface area contributed by atoms with Crippen LogP contribution in [0.25, 0.3) is 22.5 Å². The molecule has 1 aromatic heterocycles. The fraction of sp³-hybridized carbons (Fsp3) is 0.429. The highest BCUT2D eigenvalue weighted by molar-refractivity contribution is 6.43. The summed E-state index contributed by atoms with van der Waals surface area (Å²) < 4.78 is 7.69. The Morgan fingerprint density at radius 3 is 2.47 bits per heavy atom. The van der Waals surface area contributed by atoms with Gasteiger partial charge in [-0.05, 0) is 55.6 Å². The lowest BCUT2D eigenvalue weighted by Gasteiger charge is -2.23. The maximum Gasteiger partial charge on any atom is 0.475 e. The number of ether oxygens (including phenoxy) is 1. The van der Waals surface area contributed by atoms with E-state index in [1.807, 2.05) is 74.5 Å². The van der Waals surface area contributed by atoms with Gasteiger partial charge in [-0.3, -0.25) is 14.4 Å². The summed E-state index contributed by atoms with van der Waals surface area (Å²) in [5.41, 5.74) is 3.37. The van der Waals surface area contributed by atoms with Gasteiger partial charge in [-0.25, -0.2) is 0 Å². The summed E-state index contributed by atoms with van der Waals surface area (Å²) in [6.45, 7) is 7.64. The molecule has 0 spiro atoms. The molecule has 0 aliphatic carbocycles. The highest BCUT2D eigenvalue weighted by atomic mass is 35.5. The third-order valence-electron chi connectivity index (χ3n) is 7.05. The van der Waals surface area contributed by atoms with Crippen molar-refractivity contribution < 1.29 is 19.6 Å². The zero-order valence-electron chi connectivity index (χ0n) is 22.1. The van der Waals surface area contributed by atoms with Crippen LogP contribution in [0, 0.1) is 5.92 Å². The van der Waals surface area contributed by atoms with Crippen molar-refractivity contribution in [3.05, 3.63) is 60.7 Å². The quantitative estimate of drug-likeness (QED) is 0.303. The van der Waals surface area contributed by atoms with Gasteiger partial charge >= 0.3 is 7.12 Å². The van der Waals surface area contributed by atoms with E-state index in [0.29, 0.717) is 13.0 Å². The second-order valence-electron chi connectivity index (χ2n) is 9.76. The zero-order valence-corrected chi connectivity index (χ0v) is 22.9. The van der Waals surface area contributed by atoms with Crippen LogP contribution < -0.4 is 10.1 Å². The summed E-state index contributed by atoms with van der Waals surface area (Å²) in [4.78, 5) is 15.4. The van der Waals surface area contributed by atoms with Crippen molar-refractivity contribution in [2.75, 3.05) is 26.2 Å². The molecule has 0 radical (unpaired) electrons. The second kappa shape index (κ2) is 14.3. The highest BCUT2D eigenvalue weighted by Gasteiger charge is 2.30. The number of halogens is 1. The summed E-state index contributed by atoms with van der Waals surface area (Å²) in [7, 11) is -1.63. The molecule has 4 rings (SSSR count). The van der Waals surface area contributed by atoms with Crippen LogP contribution in [0.4, 0.5) is 0 Å². The van der Waals surface area contributed by atoms with Crippen LogP contribution in [0.3, 0.4) is 0 Å². The summed E-state index contributed by atoms with van der Waals surface area (Å²) in [5, 5.41) is 27.1. The van der Waals surface area contributed by atoms with Crippen LogP contribution in [0.5, 0.6) is 5.75 Å². The van der Waals surface area contributed by atoms with E-state index < -0.39 is 13.1 Å². The fourth-order valence-corrected chi connectivity index (χ4v) is 4.70. The molecule has 10 heteroatoms. The molecule has 0 unspecified atom stereocenters. The van der Waals surface area contributed by atoms with E-state index in [9.17, 15) is 14.8 Å². The Kier molecular flexibility index (Phi) is 11.2. The predicted octanol–water partition coefficient (Wildman–Crippen LogP) is 3.66. The molecule has 2 atom stereocenters. The van der Waals surface area contributed by atoms with Gasteiger partial charge in [0, 0.05) is 12.1 Å². The van der Waals surface area contributed by atoms with Crippen LogP contribution in [-0.4, -0.2) is 69.9 Å². The van der Waals surface area contributed by atoms with Crippen LogP contribution in [-0.2, 0) is 11.3 Å². The number of hydrogen-bond acceptors (Lipinski definition) is 6. The normalized spacial score (nSPS) is 14.9. The van der Waals surface area contributed by atoms with Gasteiger partial charge < -0.3 is 20.1 Å². The summed E-state index contributed by atoms with van der Waals surface area (Å²) >= 11 is 0. The van der Waals surface area contributed by atoms with Crippen LogP contribution in [0.1, 0.15) is 33.1 Å². The lowest BCUT2D eigenvalue weighted by Crippen LogP contribution is -2.51. The number of likely N-dealkylation sites (tertiary alicyclic amines) is 1. The molecule has 2 heterocycles. The van der Waals surface area contributed by atoms with Crippen molar-refractivity contribution in [3.8, 4) is 28.3 Å². The highest BCUT2D eigenvalue weighted by Crippen LogP contribution is 2.28. The van der Waals surface area contributed by atoms with E-state index in [1.165, 1.54) is 12.8 Å². The number of benzene rings is 2. The smallest absolute Gasteiger partial charge is 0.475 e. The first-order chi connectivity index (χ1) is 17.9. The maximum atomic E-state index is 12.9. The number of carbonyl (C=O) groups is 1. The minimum absolute atomic E-state index is 0. The molecule has 0 bridgehead atoms. The summed E-state index contributed by atoms with van der Waals surface area (Å²) in [6.07, 6.45) is 3.23. The van der Waals surface area contributed by atoms with Gasteiger partial charge in [-0.2, -0.15) is 5.10 Å². The molecule has 8 nitrogen and oxygen atoms in total. The molecule has 3 N–H and O–H groups in total. The molecular weight excluding hydrogens is 503 g/mol. The number of aromatic nitrogens is 2. The van der Waals surface area contributed by atoms with Crippen LogP contribution in [0.15, 0.2) is 60.7 Å². The number of carbonyl (C=O) groups excluding carboxylic acids is 1. The minimum Gasteiger partial charge on any atom is -0.492 e. The number of hydrogen-bond donors (Lipinski definition) is 3. The van der Waals surface area contributed by atoms with Gasteiger partial charge in [0.15, 0.2) is 0 Å². The Morgan fingerprint density at radius 2 is 1.79 bits per heavy atom. The number of nitrogens with zero attached hydrogens (tertiary/aromatic N) is 3. The first-order valence-corrected chi connectivity index (χ1v) is 13.2. The molecule has 1 saturated heterocycles. The van der Waals surface area contributed by atoms with E-state index in [4.69, 9.17) is 9.84 Å². The average molecular weight is 541 g/mol. The molecule has 3 aromatic rings. The predicted molar refractivity (Wildman–Crippen MR) is 153 cm³/mol. The molecule has 1 aliphatic heterocycles. The lowest BCUT2D eigenvalue weighted by molar-refractivity contribution is -0.122. The molecule has 2 aromatic carbocycles. The standard InChI is InChI=1S/C28H37BN4O4.ClH/c1-3-21(2)28(29(35)36)30-27(34)20-33-26(22-10-5-4-6-11-22)19-25(31-33)23-12-9-13-24(18-23)37-17-16-32-14-7-8-15-32;/h4-6,9-13,18-19,21,28,35-36H,3,7-8,14-17,20H2,1-2H3,(H,30,34);1H/t21-,28+;/m1./s1. The molecular formula is C28H38BClN4O4. The molecule has 0 saturated carbocycles. The Hall–Kier alpha value is -2.85. The van der Waals surface area contributed by atoms with Gasteiger partial charge in [0.2, 0.25) is 5.91 Å². The topological polar surface area (TPSA) is 99.9 Å². The summed E-state index contributed by atoms with van der Waals surface area (Å²) in [5.74, 6) is -0.371. The van der Waals surface area contributed by atoms with Crippen molar-refractivity contribution in [2.45, 2.75) is 45.6 Å². The van der Waals surface area contributed by atoms with E-state index in [1.54, 1.807) is 4.68 Å². The van der Waals surface area contributed by atoms with Gasteiger partial charge in [0.05, 0.1) is 17.3 Å². The second-order valence-corrected chi connectivity index (χ2v) is 9.76. The van der Waals surface area contributed by atoms with E-state index >= 15 is 0 Å². The Morgan fingerprint density at radius 1 is 1.08 bits per heavy atom. The zero-order chi connectivity index (χ0) is 26.2. The first-order valence-electron chi connectivity index (χ1n) is 13.2.